The number of carbonyl (C=O) groups excluding carboxylic acids is 1. The molecule has 0 fully saturated rings. The van der Waals surface area contributed by atoms with Crippen molar-refractivity contribution in [2.75, 3.05) is 5.75 Å². The topological polar surface area (TPSA) is 48.3 Å². The van der Waals surface area contributed by atoms with Crippen molar-refractivity contribution in [1.29, 1.82) is 0 Å². The maximum Gasteiger partial charge on any atom is 0.345 e. The highest BCUT2D eigenvalue weighted by atomic mass is 32.2. The van der Waals surface area contributed by atoms with Crippen LogP contribution in [0.3, 0.4) is 0 Å². The van der Waals surface area contributed by atoms with Crippen molar-refractivity contribution in [1.82, 2.24) is 4.57 Å². The Kier molecular flexibility index (Phi) is 3.30. The second-order valence-electron chi connectivity index (χ2n) is 4.98. The molecule has 2 heterocycles. The van der Waals surface area contributed by atoms with E-state index in [4.69, 9.17) is 4.74 Å². The van der Waals surface area contributed by atoms with Gasteiger partial charge in [0.15, 0.2) is 0 Å². The van der Waals surface area contributed by atoms with E-state index in [1.165, 1.54) is 0 Å². The number of pyridine rings is 1. The molecule has 0 unspecified atom stereocenters. The number of nitrogens with zero attached hydrogens (tertiary/aromatic N) is 1. The van der Waals surface area contributed by atoms with Gasteiger partial charge in [-0.25, -0.2) is 4.79 Å². The Morgan fingerprint density at radius 3 is 2.85 bits per heavy atom. The van der Waals surface area contributed by atoms with E-state index in [-0.39, 0.29) is 17.1 Å². The number of aryl methyl sites for hydroxylation is 1. The predicted octanol–water partition coefficient (Wildman–Crippen LogP) is 2.67. The van der Waals surface area contributed by atoms with Gasteiger partial charge in [0.2, 0.25) is 5.43 Å². The predicted molar refractivity (Wildman–Crippen MR) is 79.5 cm³/mol. The second-order valence-corrected chi connectivity index (χ2v) is 6.06. The molecule has 1 aromatic heterocycles. The Balaban J connectivity index is 2.30. The lowest BCUT2D eigenvalue weighted by Crippen LogP contribution is -2.23. The van der Waals surface area contributed by atoms with Crippen LogP contribution in [0.25, 0.3) is 10.9 Å². The Bertz CT molecular complexity index is 749. The molecule has 0 N–H and O–H groups in total. The highest BCUT2D eigenvalue weighted by molar-refractivity contribution is 7.99. The number of para-hydroxylation sites is 1. The molecular weight excluding hydrogens is 274 g/mol. The van der Waals surface area contributed by atoms with E-state index < -0.39 is 5.97 Å². The molecule has 104 valence electrons. The molecule has 3 rings (SSSR count). The van der Waals surface area contributed by atoms with Crippen LogP contribution in [0.5, 0.6) is 0 Å². The molecule has 1 aromatic carbocycles. The standard InChI is InChI=1S/C15H15NO3S/c1-9(2)19-15(18)12-13(17)10-5-3-4-6-11(10)16-7-8-20-14(12)16/h3-6,9H,7-8H2,1-2H3. The van der Waals surface area contributed by atoms with Gasteiger partial charge in [-0.05, 0) is 26.0 Å². The van der Waals surface area contributed by atoms with Crippen LogP contribution in [0.2, 0.25) is 0 Å². The Morgan fingerprint density at radius 2 is 2.10 bits per heavy atom. The third kappa shape index (κ3) is 2.02. The molecule has 1 aliphatic heterocycles. The van der Waals surface area contributed by atoms with Crippen molar-refractivity contribution < 1.29 is 9.53 Å². The lowest BCUT2D eigenvalue weighted by Gasteiger charge is -2.13. The van der Waals surface area contributed by atoms with Crippen LogP contribution < -0.4 is 5.43 Å². The average Bonchev–Trinajstić information content (AvgIpc) is 2.87. The zero-order chi connectivity index (χ0) is 14.3. The van der Waals surface area contributed by atoms with Gasteiger partial charge < -0.3 is 9.30 Å². The minimum absolute atomic E-state index is 0.180. The van der Waals surface area contributed by atoms with Gasteiger partial charge in [0.25, 0.3) is 0 Å². The van der Waals surface area contributed by atoms with Crippen LogP contribution in [0.1, 0.15) is 24.2 Å². The van der Waals surface area contributed by atoms with Gasteiger partial charge in [0.1, 0.15) is 5.56 Å². The number of esters is 1. The van der Waals surface area contributed by atoms with Gasteiger partial charge in [0, 0.05) is 17.7 Å². The first-order chi connectivity index (χ1) is 9.59. The normalized spacial score (nSPS) is 13.8. The zero-order valence-corrected chi connectivity index (χ0v) is 12.2. The summed E-state index contributed by atoms with van der Waals surface area (Å²) in [5.41, 5.74) is 0.838. The summed E-state index contributed by atoms with van der Waals surface area (Å²) in [5, 5.41) is 1.31. The van der Waals surface area contributed by atoms with E-state index in [1.807, 2.05) is 22.8 Å². The number of carbonyl (C=O) groups is 1. The average molecular weight is 289 g/mol. The van der Waals surface area contributed by atoms with Crippen LogP contribution in [-0.2, 0) is 11.3 Å². The summed E-state index contributed by atoms with van der Waals surface area (Å²) in [6, 6.07) is 7.41. The third-order valence-electron chi connectivity index (χ3n) is 3.23. The Morgan fingerprint density at radius 1 is 1.35 bits per heavy atom. The summed E-state index contributed by atoms with van der Waals surface area (Å²) in [5.74, 6) is 0.351. The molecule has 0 bridgehead atoms. The zero-order valence-electron chi connectivity index (χ0n) is 11.4. The molecule has 2 aromatic rings. The summed E-state index contributed by atoms with van der Waals surface area (Å²) < 4.78 is 7.27. The summed E-state index contributed by atoms with van der Waals surface area (Å²) in [7, 11) is 0. The first-order valence-corrected chi connectivity index (χ1v) is 7.57. The maximum atomic E-state index is 12.6. The SMILES string of the molecule is CC(C)OC(=O)c1c2n(c3ccccc3c1=O)CCS2. The summed E-state index contributed by atoms with van der Waals surface area (Å²) >= 11 is 1.54. The van der Waals surface area contributed by atoms with E-state index in [0.717, 1.165) is 22.8 Å². The van der Waals surface area contributed by atoms with Crippen molar-refractivity contribution in [2.24, 2.45) is 0 Å². The van der Waals surface area contributed by atoms with Gasteiger partial charge in [0.05, 0.1) is 16.6 Å². The van der Waals surface area contributed by atoms with Crippen molar-refractivity contribution >= 4 is 28.6 Å². The molecule has 0 saturated heterocycles. The van der Waals surface area contributed by atoms with Crippen LogP contribution in [0.15, 0.2) is 34.1 Å². The smallest absolute Gasteiger partial charge is 0.345 e. The number of aromatic nitrogens is 1. The van der Waals surface area contributed by atoms with Crippen molar-refractivity contribution in [3.05, 3.63) is 40.1 Å². The van der Waals surface area contributed by atoms with Crippen LogP contribution >= 0.6 is 11.8 Å². The van der Waals surface area contributed by atoms with Crippen LogP contribution in [0, 0.1) is 0 Å². The van der Waals surface area contributed by atoms with Crippen LogP contribution in [-0.4, -0.2) is 22.4 Å². The largest absolute Gasteiger partial charge is 0.459 e. The van der Waals surface area contributed by atoms with Crippen molar-refractivity contribution in [2.45, 2.75) is 31.5 Å². The fourth-order valence-electron chi connectivity index (χ4n) is 2.44. The molecule has 1 aliphatic rings. The van der Waals surface area contributed by atoms with Gasteiger partial charge in [-0.2, -0.15) is 0 Å². The summed E-state index contributed by atoms with van der Waals surface area (Å²) in [6.07, 6.45) is -0.236. The molecule has 0 spiro atoms. The molecule has 0 radical (unpaired) electrons. The first-order valence-electron chi connectivity index (χ1n) is 6.59. The fourth-order valence-corrected chi connectivity index (χ4v) is 3.57. The molecule has 0 saturated carbocycles. The highest BCUT2D eigenvalue weighted by Crippen LogP contribution is 2.31. The Labute approximate surface area is 120 Å². The first kappa shape index (κ1) is 13.2. The van der Waals surface area contributed by atoms with Crippen molar-refractivity contribution in [3.63, 3.8) is 0 Å². The number of thioether (sulfide) groups is 1. The molecule has 0 aliphatic carbocycles. The third-order valence-corrected chi connectivity index (χ3v) is 4.31. The summed E-state index contributed by atoms with van der Waals surface area (Å²) in [6.45, 7) is 4.37. The molecular formula is C15H15NO3S. The lowest BCUT2D eigenvalue weighted by atomic mass is 10.1. The van der Waals surface area contributed by atoms with E-state index in [0.29, 0.717) is 5.39 Å². The number of benzene rings is 1. The van der Waals surface area contributed by atoms with Crippen molar-refractivity contribution in [3.8, 4) is 0 Å². The minimum atomic E-state index is -0.520. The van der Waals surface area contributed by atoms with Gasteiger partial charge in [-0.3, -0.25) is 4.79 Å². The van der Waals surface area contributed by atoms with E-state index >= 15 is 0 Å². The number of hydrogen-bond acceptors (Lipinski definition) is 4. The monoisotopic (exact) mass is 289 g/mol. The number of rotatable bonds is 2. The van der Waals surface area contributed by atoms with Crippen LogP contribution in [0.4, 0.5) is 0 Å². The number of fused-ring (bicyclic) bond motifs is 3. The second kappa shape index (κ2) is 4.98. The summed E-state index contributed by atoms with van der Waals surface area (Å²) in [4.78, 5) is 24.8. The minimum Gasteiger partial charge on any atom is -0.459 e. The molecule has 0 atom stereocenters. The maximum absolute atomic E-state index is 12.6. The fraction of sp³-hybridized carbons (Fsp3) is 0.333. The van der Waals surface area contributed by atoms with E-state index in [1.54, 1.807) is 31.7 Å². The molecule has 0 amide bonds. The van der Waals surface area contributed by atoms with E-state index in [2.05, 4.69) is 0 Å². The quantitative estimate of drug-likeness (QED) is 0.798. The van der Waals surface area contributed by atoms with Gasteiger partial charge >= 0.3 is 5.97 Å². The Hall–Kier alpha value is -1.75. The van der Waals surface area contributed by atoms with Gasteiger partial charge in [-0.1, -0.05) is 12.1 Å². The van der Waals surface area contributed by atoms with Gasteiger partial charge in [-0.15, -0.1) is 11.8 Å². The highest BCUT2D eigenvalue weighted by Gasteiger charge is 2.27. The molecule has 20 heavy (non-hydrogen) atoms. The lowest BCUT2D eigenvalue weighted by molar-refractivity contribution is 0.0371. The van der Waals surface area contributed by atoms with E-state index in [9.17, 15) is 9.59 Å². The molecule has 5 heteroatoms. The number of ether oxygens (including phenoxy) is 1. The molecule has 4 nitrogen and oxygen atoms in total. The number of hydrogen-bond donors (Lipinski definition) is 0.